The quantitative estimate of drug-likeness (QED) is 0.552. The molecule has 0 saturated carbocycles. The van der Waals surface area contributed by atoms with Crippen LogP contribution in [0, 0.1) is 6.92 Å². The second-order valence-corrected chi connectivity index (χ2v) is 7.70. The number of rotatable bonds is 4. The van der Waals surface area contributed by atoms with E-state index in [9.17, 15) is 29.7 Å². The topological polar surface area (TPSA) is 112 Å². The number of aliphatic carboxylic acids is 1. The van der Waals surface area contributed by atoms with Crippen LogP contribution in [0.1, 0.15) is 34.0 Å². The molecule has 2 aromatic rings. The number of ketones is 1. The summed E-state index contributed by atoms with van der Waals surface area (Å²) in [6.07, 6.45) is 2.72. The second kappa shape index (κ2) is 8.41. The van der Waals surface area contributed by atoms with Crippen molar-refractivity contribution in [2.75, 3.05) is 0 Å². The van der Waals surface area contributed by atoms with Gasteiger partial charge in [0.15, 0.2) is 5.78 Å². The predicted octanol–water partition coefficient (Wildman–Crippen LogP) is 5.05. The summed E-state index contributed by atoms with van der Waals surface area (Å²) in [5.41, 5.74) is 1.12. The number of phenols is 1. The van der Waals surface area contributed by atoms with Crippen LogP contribution in [0.15, 0.2) is 59.2 Å². The summed E-state index contributed by atoms with van der Waals surface area (Å²) < 4.78 is 0. The maximum absolute atomic E-state index is 12.3. The van der Waals surface area contributed by atoms with Crippen LogP contribution in [0.5, 0.6) is 5.75 Å². The highest BCUT2D eigenvalue weighted by Gasteiger charge is 2.27. The van der Waals surface area contributed by atoms with Crippen molar-refractivity contribution < 1.29 is 29.7 Å². The zero-order valence-corrected chi connectivity index (χ0v) is 17.9. The van der Waals surface area contributed by atoms with Crippen LogP contribution in [-0.4, -0.2) is 33.0 Å². The monoisotopic (exact) mass is 458 g/mol. The normalized spacial score (nSPS) is 15.3. The van der Waals surface area contributed by atoms with Crippen molar-refractivity contribution >= 4 is 46.5 Å². The molecule has 0 fully saturated rings. The molecule has 158 valence electrons. The number of allylic oxidation sites excluding steroid dienone is 4. The van der Waals surface area contributed by atoms with Gasteiger partial charge in [0, 0.05) is 15.6 Å². The first-order valence-electron chi connectivity index (χ1n) is 8.97. The first kappa shape index (κ1) is 22.3. The summed E-state index contributed by atoms with van der Waals surface area (Å²) in [5, 5.41) is 29.7. The van der Waals surface area contributed by atoms with Crippen molar-refractivity contribution in [3.05, 3.63) is 91.5 Å². The van der Waals surface area contributed by atoms with E-state index in [0.717, 1.165) is 0 Å². The van der Waals surface area contributed by atoms with Gasteiger partial charge in [0.2, 0.25) is 0 Å². The Kier molecular flexibility index (Phi) is 6.06. The molecule has 6 nitrogen and oxygen atoms in total. The lowest BCUT2D eigenvalue weighted by Crippen LogP contribution is -2.17. The molecule has 0 aliphatic heterocycles. The zero-order chi connectivity index (χ0) is 23.0. The maximum atomic E-state index is 12.3. The van der Waals surface area contributed by atoms with Crippen molar-refractivity contribution in [2.24, 2.45) is 0 Å². The molecule has 0 radical (unpaired) electrons. The predicted molar refractivity (Wildman–Crippen MR) is 117 cm³/mol. The second-order valence-electron chi connectivity index (χ2n) is 6.89. The fraction of sp³-hybridized carbons (Fsp3) is 0.0870. The Labute approximate surface area is 187 Å². The lowest BCUT2D eigenvalue weighted by Gasteiger charge is -2.20. The number of halogens is 2. The molecule has 1 aliphatic carbocycles. The van der Waals surface area contributed by atoms with E-state index in [0.29, 0.717) is 22.3 Å². The fourth-order valence-electron chi connectivity index (χ4n) is 3.39. The summed E-state index contributed by atoms with van der Waals surface area (Å²) in [6.45, 7) is 3.01. The van der Waals surface area contributed by atoms with Crippen molar-refractivity contribution in [3.8, 4) is 5.75 Å². The molecule has 1 aliphatic rings. The van der Waals surface area contributed by atoms with Crippen molar-refractivity contribution in [3.63, 3.8) is 0 Å². The molecule has 3 N–H and O–H groups in total. The molecule has 0 bridgehead atoms. The standard InChI is InChI=1S/C23H16Cl2O6/c1-10-8-12(9-15(20(10)26)23(30)31)18(19-16(24)4-3-5-17(19)25)13-6-7-14(22(28)29)21(27)11(13)2/h3-9,27H,1-2H3,(H,28,29)(H,30,31)/b18-12+. The van der Waals surface area contributed by atoms with Gasteiger partial charge in [-0.2, -0.15) is 0 Å². The molecule has 0 heterocycles. The van der Waals surface area contributed by atoms with Crippen molar-refractivity contribution in [2.45, 2.75) is 13.8 Å². The summed E-state index contributed by atoms with van der Waals surface area (Å²) in [4.78, 5) is 35.3. The number of aromatic carboxylic acids is 1. The molecule has 2 aromatic carbocycles. The summed E-state index contributed by atoms with van der Waals surface area (Å²) in [5.74, 6) is -3.76. The Hall–Kier alpha value is -3.35. The van der Waals surface area contributed by atoms with Crippen molar-refractivity contribution in [1.29, 1.82) is 0 Å². The van der Waals surface area contributed by atoms with Gasteiger partial charge in [-0.15, -0.1) is 0 Å². The van der Waals surface area contributed by atoms with Crippen LogP contribution in [-0.2, 0) is 9.59 Å². The van der Waals surface area contributed by atoms with Crippen LogP contribution >= 0.6 is 23.2 Å². The minimum absolute atomic E-state index is 0.194. The highest BCUT2D eigenvalue weighted by molar-refractivity contribution is 6.38. The number of carbonyl (C=O) groups excluding carboxylic acids is 1. The third-order valence-electron chi connectivity index (χ3n) is 4.94. The number of hydrogen-bond acceptors (Lipinski definition) is 4. The molecule has 0 spiro atoms. The molecule has 0 amide bonds. The van der Waals surface area contributed by atoms with E-state index < -0.39 is 29.0 Å². The molecule has 0 saturated heterocycles. The third-order valence-corrected chi connectivity index (χ3v) is 5.57. The van der Waals surface area contributed by atoms with E-state index in [1.165, 1.54) is 38.1 Å². The van der Waals surface area contributed by atoms with Crippen LogP contribution in [0.2, 0.25) is 10.0 Å². The maximum Gasteiger partial charge on any atom is 0.339 e. The average Bonchev–Trinajstić information content (AvgIpc) is 2.69. The van der Waals surface area contributed by atoms with Gasteiger partial charge in [-0.3, -0.25) is 4.79 Å². The molecular weight excluding hydrogens is 443 g/mol. The Morgan fingerprint density at radius 2 is 1.45 bits per heavy atom. The number of hydrogen-bond donors (Lipinski definition) is 3. The minimum Gasteiger partial charge on any atom is -0.507 e. The Balaban J connectivity index is 2.48. The molecule has 31 heavy (non-hydrogen) atoms. The van der Waals surface area contributed by atoms with Gasteiger partial charge in [0.1, 0.15) is 16.9 Å². The SMILES string of the molecule is CC1=C/C(=C(/c2ccc(C(=O)O)c(O)c2C)c2c(Cl)cccc2Cl)C=C(C(=O)O)C1=O. The van der Waals surface area contributed by atoms with E-state index >= 15 is 0 Å². The van der Waals surface area contributed by atoms with E-state index in [1.807, 2.05) is 0 Å². The van der Waals surface area contributed by atoms with Gasteiger partial charge in [-0.25, -0.2) is 9.59 Å². The van der Waals surface area contributed by atoms with Crippen LogP contribution < -0.4 is 0 Å². The summed E-state index contributed by atoms with van der Waals surface area (Å²) >= 11 is 12.9. The molecular formula is C23H16Cl2O6. The average molecular weight is 459 g/mol. The minimum atomic E-state index is -1.39. The Bertz CT molecular complexity index is 1230. The number of aromatic hydroxyl groups is 1. The molecule has 0 atom stereocenters. The van der Waals surface area contributed by atoms with E-state index in [1.54, 1.807) is 18.2 Å². The number of benzene rings is 2. The largest absolute Gasteiger partial charge is 0.507 e. The van der Waals surface area contributed by atoms with Gasteiger partial charge in [-0.05, 0) is 72.0 Å². The lowest BCUT2D eigenvalue weighted by atomic mass is 9.84. The number of Topliss-reactive ketones (excluding diaryl/α,β-unsaturated/α-hetero) is 1. The molecule has 8 heteroatoms. The lowest BCUT2D eigenvalue weighted by molar-refractivity contribution is -0.134. The van der Waals surface area contributed by atoms with Crippen molar-refractivity contribution in [1.82, 2.24) is 0 Å². The van der Waals surface area contributed by atoms with E-state index in [2.05, 4.69) is 0 Å². The number of carbonyl (C=O) groups is 3. The first-order chi connectivity index (χ1) is 14.5. The van der Waals surface area contributed by atoms with E-state index in [-0.39, 0.29) is 26.7 Å². The van der Waals surface area contributed by atoms with Crippen LogP contribution in [0.3, 0.4) is 0 Å². The van der Waals surface area contributed by atoms with E-state index in [4.69, 9.17) is 23.2 Å². The summed E-state index contributed by atoms with van der Waals surface area (Å²) in [7, 11) is 0. The van der Waals surface area contributed by atoms with Gasteiger partial charge in [0.25, 0.3) is 0 Å². The fourth-order valence-corrected chi connectivity index (χ4v) is 3.98. The van der Waals surface area contributed by atoms with Gasteiger partial charge < -0.3 is 15.3 Å². The number of carboxylic acid groups (broad SMARTS) is 2. The smallest absolute Gasteiger partial charge is 0.339 e. The first-order valence-corrected chi connectivity index (χ1v) is 9.73. The highest BCUT2D eigenvalue weighted by Crippen LogP contribution is 2.42. The summed E-state index contributed by atoms with van der Waals surface area (Å²) in [6, 6.07) is 7.54. The highest BCUT2D eigenvalue weighted by atomic mass is 35.5. The zero-order valence-electron chi connectivity index (χ0n) is 16.4. The van der Waals surface area contributed by atoms with Gasteiger partial charge in [0.05, 0.1) is 0 Å². The molecule has 0 aromatic heterocycles. The Morgan fingerprint density at radius 1 is 0.871 bits per heavy atom. The van der Waals surface area contributed by atoms with Gasteiger partial charge in [-0.1, -0.05) is 35.3 Å². The van der Waals surface area contributed by atoms with Crippen LogP contribution in [0.4, 0.5) is 0 Å². The number of carboxylic acids is 2. The molecule has 0 unspecified atom stereocenters. The van der Waals surface area contributed by atoms with Crippen LogP contribution in [0.25, 0.3) is 5.57 Å². The third kappa shape index (κ3) is 4.00. The Morgan fingerprint density at radius 3 is 2.00 bits per heavy atom. The van der Waals surface area contributed by atoms with Gasteiger partial charge >= 0.3 is 11.9 Å². The molecule has 3 rings (SSSR count).